The largest absolute Gasteiger partial charge is 0.458 e. The van der Waals surface area contributed by atoms with Crippen LogP contribution in [-0.2, 0) is 41.0 Å². The molecule has 4 N–H and O–H groups in total. The summed E-state index contributed by atoms with van der Waals surface area (Å²) >= 11 is 0. The van der Waals surface area contributed by atoms with Crippen LogP contribution in [0.4, 0.5) is 0 Å². The van der Waals surface area contributed by atoms with E-state index in [1.54, 1.807) is 66.7 Å². The number of benzene rings is 3. The first-order valence-electron chi connectivity index (χ1n) is 23.8. The van der Waals surface area contributed by atoms with Gasteiger partial charge in [0.15, 0.2) is 6.54 Å². The van der Waals surface area contributed by atoms with Crippen LogP contribution >= 0.6 is 0 Å². The van der Waals surface area contributed by atoms with Crippen molar-refractivity contribution in [2.24, 2.45) is 34.5 Å². The lowest BCUT2D eigenvalue weighted by Crippen LogP contribution is -2.67. The lowest BCUT2D eigenvalue weighted by molar-refractivity contribution is -0.645. The number of sulfonamides is 1. The average Bonchev–Trinajstić information content (AvgIpc) is 3.84. The predicted molar refractivity (Wildman–Crippen MR) is 250 cm³/mol. The van der Waals surface area contributed by atoms with E-state index in [1.165, 1.54) is 12.1 Å². The maximum absolute atomic E-state index is 15.1. The third-order valence-electron chi connectivity index (χ3n) is 17.0. The van der Waals surface area contributed by atoms with E-state index >= 15 is 4.79 Å². The Morgan fingerprint density at radius 2 is 1.54 bits per heavy atom. The van der Waals surface area contributed by atoms with Crippen LogP contribution in [0.15, 0.2) is 89.3 Å². The van der Waals surface area contributed by atoms with Crippen molar-refractivity contribution in [1.82, 2.24) is 9.62 Å². The number of carbonyl (C=O) groups is 3. The number of aliphatic hydroxyl groups excluding tert-OH is 1. The average molecular weight is 957 g/mol. The molecule has 2 amide bonds. The van der Waals surface area contributed by atoms with Gasteiger partial charge in [-0.15, -0.1) is 0 Å². The van der Waals surface area contributed by atoms with E-state index in [0.717, 1.165) is 47.5 Å². The fraction of sp³-hybridized carbons (Fsp3) is 0.529. The second kappa shape index (κ2) is 17.7. The number of hydrogen-bond acceptors (Lipinski definition) is 10. The summed E-state index contributed by atoms with van der Waals surface area (Å²) < 4.78 is 69.8. The Morgan fingerprint density at radius 3 is 2.18 bits per heavy atom. The van der Waals surface area contributed by atoms with E-state index in [4.69, 9.17) is 4.74 Å². The molecule has 4 aliphatic carbocycles. The van der Waals surface area contributed by atoms with Gasteiger partial charge < -0.3 is 20.3 Å². The smallest absolute Gasteiger partial charge is 0.331 e. The van der Waals surface area contributed by atoms with Crippen molar-refractivity contribution >= 4 is 59.7 Å². The van der Waals surface area contributed by atoms with E-state index in [-0.39, 0.29) is 96.4 Å². The van der Waals surface area contributed by atoms with Gasteiger partial charge in [-0.2, -0.15) is 13.0 Å². The summed E-state index contributed by atoms with van der Waals surface area (Å²) in [6.07, 6.45) is 6.74. The topological polar surface area (TPSA) is 209 Å². The van der Waals surface area contributed by atoms with Crippen LogP contribution in [0.3, 0.4) is 0 Å². The van der Waals surface area contributed by atoms with Crippen LogP contribution in [-0.4, -0.2) is 90.3 Å². The second-order valence-corrected chi connectivity index (χ2v) is 23.8. The van der Waals surface area contributed by atoms with Gasteiger partial charge in [-0.25, -0.2) is 17.5 Å². The molecule has 9 atom stereocenters. The van der Waals surface area contributed by atoms with Crippen molar-refractivity contribution in [1.29, 1.82) is 0 Å². The summed E-state index contributed by atoms with van der Waals surface area (Å²) in [6.45, 7) is 6.28. The molecule has 4 fully saturated rings. The van der Waals surface area contributed by atoms with Crippen LogP contribution in [0.2, 0.25) is 0 Å². The van der Waals surface area contributed by atoms with E-state index in [2.05, 4.69) is 12.2 Å². The van der Waals surface area contributed by atoms with Gasteiger partial charge in [-0.05, 0) is 124 Å². The molecule has 9 rings (SSSR count). The van der Waals surface area contributed by atoms with Gasteiger partial charge in [0, 0.05) is 49.1 Å². The number of hydrogen-bond donors (Lipinski definition) is 4. The number of pyridine rings is 1. The zero-order valence-electron chi connectivity index (χ0n) is 38.4. The number of fused-ring (bicyclic) bond motifs is 7. The minimum absolute atomic E-state index is 0.00411. The maximum Gasteiger partial charge on any atom is 0.331 e. The Hall–Kier alpha value is -4.74. The number of cyclic esters (lactones) is 1. The Labute approximate surface area is 392 Å². The first kappa shape index (κ1) is 47.3. The van der Waals surface area contributed by atoms with Gasteiger partial charge in [-0.3, -0.25) is 14.1 Å². The monoisotopic (exact) mass is 956 g/mol. The molecule has 67 heavy (non-hydrogen) atoms. The van der Waals surface area contributed by atoms with Crippen LogP contribution in [0.1, 0.15) is 100 Å². The third kappa shape index (κ3) is 8.27. The Morgan fingerprint density at radius 1 is 0.866 bits per heavy atom. The SMILES string of the molecule is Cc1ccc(S(=O)(=O)N(CCCC(=O)N[C@@H]2CC[C@@]3(C)[C@H](CC[C@@H]4[C@@H]3C[C@@H](O)[C@]3(C)[C@@H](C5=CC(=O)OC5)CC[C@]43O)C2)C(=O)c2c3ccccc3[n+](CCCS(=O)(=O)O)c3ccccc23)cc1. The summed E-state index contributed by atoms with van der Waals surface area (Å²) in [7, 11) is -8.65. The molecule has 0 unspecified atom stereocenters. The first-order valence-corrected chi connectivity index (χ1v) is 26.8. The number of amides is 2. The quantitative estimate of drug-likeness (QED) is 0.0514. The summed E-state index contributed by atoms with van der Waals surface area (Å²) in [5.41, 5.74) is 1.01. The highest BCUT2D eigenvalue weighted by atomic mass is 32.2. The number of aromatic nitrogens is 1. The number of nitrogens with zero attached hydrogens (tertiary/aromatic N) is 2. The highest BCUT2D eigenvalue weighted by Crippen LogP contribution is 2.70. The number of aliphatic hydroxyl groups is 2. The van der Waals surface area contributed by atoms with Gasteiger partial charge in [-0.1, -0.05) is 55.8 Å². The van der Waals surface area contributed by atoms with Crippen LogP contribution < -0.4 is 9.88 Å². The standard InChI is InChI=1S/C51H61N3O11S2/c1-32-15-18-36(19-16-32)67(63,64)54(48(58)47-37-10-4-6-12-42(37)53(25-9-27-66(60,61)62)43-13-7-5-11-38(43)47)26-8-14-45(56)52-35-21-23-49(2)34(29-35)17-20-40-41(49)30-44(55)50(3)39(22-24-51(40,50)59)33-28-46(57)65-31-33/h4-7,10-13,15-16,18-19,28,34-35,39-41,44,55,59H,8-9,14,17,20-27,29-31H2,1-3H3,(H-,52,56,60,61,62)/p+1/t34-,35-,39-,40-,41+,44-,49+,50+,51+/m1/s1. The second-order valence-electron chi connectivity index (χ2n) is 20.4. The molecule has 2 heterocycles. The molecule has 3 aromatic carbocycles. The number of para-hydroxylation sites is 2. The van der Waals surface area contributed by atoms with Crippen molar-refractivity contribution in [3.05, 3.63) is 95.6 Å². The molecule has 0 radical (unpaired) electrons. The highest BCUT2D eigenvalue weighted by Gasteiger charge is 2.70. The van der Waals surface area contributed by atoms with Crippen LogP contribution in [0, 0.1) is 41.4 Å². The summed E-state index contributed by atoms with van der Waals surface area (Å²) in [5.74, 6) is -1.59. The zero-order chi connectivity index (χ0) is 47.7. The number of esters is 1. The van der Waals surface area contributed by atoms with Crippen molar-refractivity contribution in [3.63, 3.8) is 0 Å². The van der Waals surface area contributed by atoms with Crippen molar-refractivity contribution in [2.75, 3.05) is 18.9 Å². The molecule has 0 spiro atoms. The van der Waals surface area contributed by atoms with E-state index in [0.29, 0.717) is 41.1 Å². The fourth-order valence-electron chi connectivity index (χ4n) is 13.5. The van der Waals surface area contributed by atoms with E-state index in [1.807, 2.05) is 18.4 Å². The molecule has 4 aromatic rings. The van der Waals surface area contributed by atoms with E-state index < -0.39 is 48.9 Å². The number of carbonyl (C=O) groups excluding carboxylic acids is 3. The van der Waals surface area contributed by atoms with Gasteiger partial charge in [0.05, 0.1) is 38.7 Å². The normalized spacial score (nSPS) is 30.5. The third-order valence-corrected chi connectivity index (χ3v) is 19.6. The lowest BCUT2D eigenvalue weighted by atomic mass is 9.42. The van der Waals surface area contributed by atoms with Gasteiger partial charge in [0.25, 0.3) is 26.0 Å². The predicted octanol–water partition coefficient (Wildman–Crippen LogP) is 6.19. The summed E-state index contributed by atoms with van der Waals surface area (Å²) in [4.78, 5) is 40.8. The van der Waals surface area contributed by atoms with Crippen molar-refractivity contribution < 1.29 is 55.3 Å². The molecule has 0 saturated heterocycles. The van der Waals surface area contributed by atoms with Crippen molar-refractivity contribution in [2.45, 2.75) is 121 Å². The Balaban J connectivity index is 0.913. The number of nitrogens with one attached hydrogen (secondary N) is 1. The lowest BCUT2D eigenvalue weighted by Gasteiger charge is -2.65. The molecule has 16 heteroatoms. The number of ether oxygens (including phenoxy) is 1. The minimum Gasteiger partial charge on any atom is -0.458 e. The molecule has 358 valence electrons. The minimum atomic E-state index is -4.43. The molecule has 4 saturated carbocycles. The molecule has 0 bridgehead atoms. The van der Waals surface area contributed by atoms with Gasteiger partial charge in [0.1, 0.15) is 6.61 Å². The molecular formula is C51H62N3O11S2+. The molecule has 14 nitrogen and oxygen atoms in total. The molecule has 1 aromatic heterocycles. The zero-order valence-corrected chi connectivity index (χ0v) is 40.0. The summed E-state index contributed by atoms with van der Waals surface area (Å²) in [5, 5.41) is 28.8. The Kier molecular flexibility index (Phi) is 12.5. The molecule has 1 aliphatic heterocycles. The fourth-order valence-corrected chi connectivity index (χ4v) is 15.4. The van der Waals surface area contributed by atoms with Crippen LogP contribution in [0.5, 0.6) is 0 Å². The number of aryl methyl sites for hydroxylation is 2. The highest BCUT2D eigenvalue weighted by molar-refractivity contribution is 7.89. The van der Waals surface area contributed by atoms with Gasteiger partial charge >= 0.3 is 5.97 Å². The Bertz CT molecular complexity index is 2830. The van der Waals surface area contributed by atoms with E-state index in [9.17, 15) is 41.2 Å². The van der Waals surface area contributed by atoms with Crippen LogP contribution in [0.25, 0.3) is 21.8 Å². The van der Waals surface area contributed by atoms with Gasteiger partial charge in [0.2, 0.25) is 16.9 Å². The first-order chi connectivity index (χ1) is 31.8. The number of rotatable bonds is 13. The molecule has 5 aliphatic rings. The molecular weight excluding hydrogens is 895 g/mol. The maximum atomic E-state index is 15.1. The summed E-state index contributed by atoms with van der Waals surface area (Å²) in [6, 6.07) is 20.3. The van der Waals surface area contributed by atoms with Crippen molar-refractivity contribution in [3.8, 4) is 0 Å².